The minimum Gasteiger partial charge on any atom is -0.493 e. The Bertz CT molecular complexity index is 654. The van der Waals surface area contributed by atoms with E-state index in [1.807, 2.05) is 0 Å². The summed E-state index contributed by atoms with van der Waals surface area (Å²) in [6.07, 6.45) is 2.07. The van der Waals surface area contributed by atoms with Crippen LogP contribution in [0.25, 0.3) is 0 Å². The first-order chi connectivity index (χ1) is 11.9. The highest BCUT2D eigenvalue weighted by atomic mass is 19.3. The highest BCUT2D eigenvalue weighted by Gasteiger charge is 2.59. The lowest BCUT2D eigenvalue weighted by Crippen LogP contribution is -2.53. The van der Waals surface area contributed by atoms with Crippen molar-refractivity contribution in [2.75, 3.05) is 32.2 Å². The Morgan fingerprint density at radius 2 is 1.76 bits per heavy atom. The number of rotatable bonds is 0. The molecule has 0 radical (unpaired) electrons. The van der Waals surface area contributed by atoms with E-state index in [1.54, 1.807) is 12.1 Å². The van der Waals surface area contributed by atoms with E-state index in [0.717, 1.165) is 12.8 Å². The van der Waals surface area contributed by atoms with Crippen LogP contribution in [0.2, 0.25) is 0 Å². The van der Waals surface area contributed by atoms with Crippen molar-refractivity contribution in [2.24, 2.45) is 10.7 Å². The lowest BCUT2D eigenvalue weighted by Gasteiger charge is -2.41. The molecule has 0 fully saturated rings. The molecule has 0 aromatic heterocycles. The molecule has 1 atom stereocenters. The maximum Gasteiger partial charge on any atom is 0.310 e. The highest BCUT2D eigenvalue weighted by Crippen LogP contribution is 2.50. The smallest absolute Gasteiger partial charge is 0.310 e. The summed E-state index contributed by atoms with van der Waals surface area (Å²) in [5.41, 5.74) is 10.3. The molecule has 0 amide bonds. The number of hydrogen-bond donors (Lipinski definition) is 2. The molecule has 2 heterocycles. The van der Waals surface area contributed by atoms with Gasteiger partial charge in [0.05, 0.1) is 6.61 Å². The van der Waals surface area contributed by atoms with E-state index in [2.05, 4.69) is 4.99 Å². The van der Waals surface area contributed by atoms with Gasteiger partial charge in [-0.05, 0) is 43.9 Å². The van der Waals surface area contributed by atoms with Gasteiger partial charge in [0.15, 0.2) is 12.1 Å². The molecule has 0 saturated carbocycles. The maximum absolute atomic E-state index is 15.0. The van der Waals surface area contributed by atoms with E-state index in [0.29, 0.717) is 37.7 Å². The summed E-state index contributed by atoms with van der Waals surface area (Å²) in [4.78, 5) is 4.07. The first-order valence-electron chi connectivity index (χ1n) is 8.41. The molecule has 0 bridgehead atoms. The topological polar surface area (TPSA) is 92.1 Å². The number of benzene rings is 1. The van der Waals surface area contributed by atoms with Crippen molar-refractivity contribution in [3.8, 4) is 5.75 Å². The minimum absolute atomic E-state index is 0.0455. The van der Waals surface area contributed by atoms with Gasteiger partial charge in [0.2, 0.25) is 0 Å². The fourth-order valence-electron chi connectivity index (χ4n) is 3.23. The normalized spacial score (nSPS) is 27.0. The van der Waals surface area contributed by atoms with Gasteiger partial charge < -0.3 is 25.7 Å². The van der Waals surface area contributed by atoms with Crippen molar-refractivity contribution in [3.63, 3.8) is 0 Å². The summed E-state index contributed by atoms with van der Waals surface area (Å²) < 4.78 is 46.2. The Balaban J connectivity index is 2.13. The Hall–Kier alpha value is -2.09. The van der Waals surface area contributed by atoms with Gasteiger partial charge in [0, 0.05) is 24.5 Å². The number of anilines is 1. The molecule has 2 aliphatic heterocycles. The molecule has 3 rings (SSSR count). The number of aliphatic imine (C=N–C) groups is 1. The molecule has 138 valence electrons. The first-order valence-corrected chi connectivity index (χ1v) is 8.41. The van der Waals surface area contributed by atoms with Crippen LogP contribution >= 0.6 is 0 Å². The third kappa shape index (κ3) is 3.49. The van der Waals surface area contributed by atoms with E-state index in [9.17, 15) is 0 Å². The van der Waals surface area contributed by atoms with Crippen molar-refractivity contribution in [1.29, 1.82) is 0 Å². The molecule has 1 aromatic carbocycles. The number of nitrogens with zero attached hydrogens (tertiary/aromatic N) is 1. The standard InChI is InChI=1S/C17H23F2N3O3/c18-17(19)11-25-15(21)22-16(17)6-3-8-23-7-1-2-9-24-14-5-4-12(20)10-13(14)16/h4-5,10H,1-3,6-9,11,20H2,(H2,21,22). The number of amidine groups is 1. The summed E-state index contributed by atoms with van der Waals surface area (Å²) >= 11 is 0. The number of nitrogens with two attached hydrogens (primary N) is 2. The summed E-state index contributed by atoms with van der Waals surface area (Å²) in [5.74, 6) is -2.90. The molecular weight excluding hydrogens is 332 g/mol. The zero-order chi connectivity index (χ0) is 17.9. The highest BCUT2D eigenvalue weighted by molar-refractivity contribution is 5.74. The second-order valence-corrected chi connectivity index (χ2v) is 6.33. The largest absolute Gasteiger partial charge is 0.493 e. The fourth-order valence-corrected chi connectivity index (χ4v) is 3.23. The molecule has 0 saturated heterocycles. The molecule has 25 heavy (non-hydrogen) atoms. The van der Waals surface area contributed by atoms with Crippen LogP contribution in [0.5, 0.6) is 5.75 Å². The van der Waals surface area contributed by atoms with Crippen molar-refractivity contribution in [3.05, 3.63) is 23.8 Å². The minimum atomic E-state index is -3.26. The number of hydrogen-bond acceptors (Lipinski definition) is 6. The van der Waals surface area contributed by atoms with Crippen LogP contribution in [-0.2, 0) is 15.0 Å². The van der Waals surface area contributed by atoms with Gasteiger partial charge in [0.25, 0.3) is 6.02 Å². The molecular formula is C17H23F2N3O3. The first kappa shape index (κ1) is 17.7. The molecule has 0 aliphatic carbocycles. The van der Waals surface area contributed by atoms with Gasteiger partial charge >= 0.3 is 5.92 Å². The van der Waals surface area contributed by atoms with Crippen molar-refractivity contribution in [1.82, 2.24) is 0 Å². The molecule has 6 nitrogen and oxygen atoms in total. The monoisotopic (exact) mass is 355 g/mol. The SMILES string of the molecule is NC1=NC2(CCCOCCCCOc3ccc(N)cc32)C(F)(F)CO1. The molecule has 1 aromatic rings. The van der Waals surface area contributed by atoms with Crippen molar-refractivity contribution >= 4 is 11.7 Å². The lowest BCUT2D eigenvalue weighted by molar-refractivity contribution is -0.127. The van der Waals surface area contributed by atoms with Crippen molar-refractivity contribution in [2.45, 2.75) is 37.1 Å². The summed E-state index contributed by atoms with van der Waals surface area (Å²) in [7, 11) is 0. The van der Waals surface area contributed by atoms with Crippen LogP contribution in [0, 0.1) is 0 Å². The average molecular weight is 355 g/mol. The van der Waals surface area contributed by atoms with Crippen LogP contribution in [0.3, 0.4) is 0 Å². The Morgan fingerprint density at radius 3 is 2.60 bits per heavy atom. The average Bonchev–Trinajstić information content (AvgIpc) is 2.56. The summed E-state index contributed by atoms with van der Waals surface area (Å²) in [5, 5.41) is 0. The quantitative estimate of drug-likeness (QED) is 0.697. The van der Waals surface area contributed by atoms with Gasteiger partial charge in [-0.3, -0.25) is 0 Å². The second-order valence-electron chi connectivity index (χ2n) is 6.33. The Kier molecular flexibility index (Phi) is 4.99. The second kappa shape index (κ2) is 7.03. The van der Waals surface area contributed by atoms with Crippen LogP contribution < -0.4 is 16.2 Å². The molecule has 1 spiro atoms. The van der Waals surface area contributed by atoms with Gasteiger partial charge in [0.1, 0.15) is 5.75 Å². The van der Waals surface area contributed by atoms with Crippen molar-refractivity contribution < 1.29 is 23.0 Å². The predicted octanol–water partition coefficient (Wildman–Crippen LogP) is 2.41. The molecule has 4 N–H and O–H groups in total. The van der Waals surface area contributed by atoms with Crippen LogP contribution in [0.15, 0.2) is 23.2 Å². The number of fused-ring (bicyclic) bond motifs is 2. The number of ether oxygens (including phenoxy) is 3. The number of halogens is 2. The Morgan fingerprint density at radius 1 is 1.00 bits per heavy atom. The molecule has 2 aliphatic rings. The van der Waals surface area contributed by atoms with Gasteiger partial charge in [-0.15, -0.1) is 0 Å². The van der Waals surface area contributed by atoms with Crippen LogP contribution in [0.1, 0.15) is 31.2 Å². The fraction of sp³-hybridized carbons (Fsp3) is 0.588. The summed E-state index contributed by atoms with van der Waals surface area (Å²) in [6.45, 7) is 0.525. The zero-order valence-electron chi connectivity index (χ0n) is 14.0. The van der Waals surface area contributed by atoms with E-state index >= 15 is 8.78 Å². The third-order valence-corrected chi connectivity index (χ3v) is 4.52. The van der Waals surface area contributed by atoms with Crippen LogP contribution in [-0.4, -0.2) is 38.4 Å². The van der Waals surface area contributed by atoms with Gasteiger partial charge in [-0.2, -0.15) is 8.78 Å². The van der Waals surface area contributed by atoms with Gasteiger partial charge in [-0.25, -0.2) is 4.99 Å². The number of alkyl halides is 2. The predicted molar refractivity (Wildman–Crippen MR) is 89.8 cm³/mol. The molecule has 1 unspecified atom stereocenters. The van der Waals surface area contributed by atoms with E-state index in [4.69, 9.17) is 25.7 Å². The number of nitrogen functional groups attached to an aromatic ring is 1. The molecule has 8 heteroatoms. The third-order valence-electron chi connectivity index (χ3n) is 4.52. The van der Waals surface area contributed by atoms with E-state index in [1.165, 1.54) is 6.07 Å². The zero-order valence-corrected chi connectivity index (χ0v) is 14.0. The van der Waals surface area contributed by atoms with Gasteiger partial charge in [-0.1, -0.05) is 0 Å². The van der Waals surface area contributed by atoms with E-state index in [-0.39, 0.29) is 18.0 Å². The summed E-state index contributed by atoms with van der Waals surface area (Å²) in [6, 6.07) is 4.49. The Labute approximate surface area is 145 Å². The van der Waals surface area contributed by atoms with E-state index < -0.39 is 18.1 Å². The lowest BCUT2D eigenvalue weighted by atomic mass is 9.79. The van der Waals surface area contributed by atoms with Crippen LogP contribution in [0.4, 0.5) is 14.5 Å². The maximum atomic E-state index is 15.0.